The van der Waals surface area contributed by atoms with Crippen molar-refractivity contribution < 1.29 is 14.4 Å². The maximum absolute atomic E-state index is 12.3. The highest BCUT2D eigenvalue weighted by Gasteiger charge is 2.12. The van der Waals surface area contributed by atoms with E-state index < -0.39 is 5.91 Å². The average molecular weight is 353 g/mol. The third-order valence-electron chi connectivity index (χ3n) is 3.87. The van der Waals surface area contributed by atoms with Crippen LogP contribution >= 0.6 is 0 Å². The van der Waals surface area contributed by atoms with Gasteiger partial charge in [-0.25, -0.2) is 0 Å². The number of amides is 2. The first-order valence-corrected chi connectivity index (χ1v) is 8.68. The molecule has 2 rings (SSSR count). The maximum Gasteiger partial charge on any atom is 0.274 e. The van der Waals surface area contributed by atoms with Crippen molar-refractivity contribution in [3.8, 4) is 0 Å². The Balaban J connectivity index is 2.00. The number of aromatic nitrogens is 1. The molecule has 0 unspecified atom stereocenters. The lowest BCUT2D eigenvalue weighted by atomic mass is 10.1. The van der Waals surface area contributed by atoms with Crippen LogP contribution in [0.2, 0.25) is 0 Å². The summed E-state index contributed by atoms with van der Waals surface area (Å²) >= 11 is 0. The zero-order valence-electron chi connectivity index (χ0n) is 15.0. The Kier molecular flexibility index (Phi) is 7.02. The van der Waals surface area contributed by atoms with E-state index in [1.807, 2.05) is 0 Å². The molecule has 0 saturated carbocycles. The summed E-state index contributed by atoms with van der Waals surface area (Å²) < 4.78 is 0. The molecular formula is C20H23N3O3. The number of nitrogens with zero attached hydrogens (tertiary/aromatic N) is 1. The lowest BCUT2D eigenvalue weighted by Gasteiger charge is -2.08. The Labute approximate surface area is 153 Å². The highest BCUT2D eigenvalue weighted by atomic mass is 16.2. The van der Waals surface area contributed by atoms with Gasteiger partial charge in [-0.15, -0.1) is 0 Å². The summed E-state index contributed by atoms with van der Waals surface area (Å²) in [5, 5.41) is 5.54. The molecule has 0 atom stereocenters. The van der Waals surface area contributed by atoms with Crippen LogP contribution in [0.1, 0.15) is 64.3 Å². The number of ketones is 1. The van der Waals surface area contributed by atoms with E-state index in [0.29, 0.717) is 23.4 Å². The molecule has 0 saturated heterocycles. The Hall–Kier alpha value is -3.02. The van der Waals surface area contributed by atoms with Crippen molar-refractivity contribution in [2.75, 3.05) is 11.9 Å². The monoisotopic (exact) mass is 353 g/mol. The van der Waals surface area contributed by atoms with Crippen LogP contribution < -0.4 is 10.6 Å². The number of pyridine rings is 1. The summed E-state index contributed by atoms with van der Waals surface area (Å²) in [6, 6.07) is 9.64. The fourth-order valence-electron chi connectivity index (χ4n) is 2.36. The topological polar surface area (TPSA) is 88.2 Å². The van der Waals surface area contributed by atoms with Crippen LogP contribution in [0.4, 0.5) is 5.69 Å². The summed E-state index contributed by atoms with van der Waals surface area (Å²) in [5.41, 5.74) is 1.68. The molecule has 0 spiro atoms. The van der Waals surface area contributed by atoms with Gasteiger partial charge < -0.3 is 10.6 Å². The van der Waals surface area contributed by atoms with Crippen LogP contribution in [0.25, 0.3) is 0 Å². The second kappa shape index (κ2) is 9.46. The van der Waals surface area contributed by atoms with E-state index in [-0.39, 0.29) is 17.4 Å². The highest BCUT2D eigenvalue weighted by Crippen LogP contribution is 2.12. The van der Waals surface area contributed by atoms with Crippen molar-refractivity contribution in [1.29, 1.82) is 0 Å². The number of rotatable bonds is 8. The standard InChI is InChI=1S/C20H23N3O3/c1-3-4-5-11-22-19(25)16-10-12-21-18(13-16)20(26)23-17-8-6-15(7-9-17)14(2)24/h6-10,12-13H,3-5,11H2,1-2H3,(H,22,25)(H,23,26). The molecule has 6 heteroatoms. The quantitative estimate of drug-likeness (QED) is 0.562. The second-order valence-electron chi connectivity index (χ2n) is 5.98. The summed E-state index contributed by atoms with van der Waals surface area (Å²) in [7, 11) is 0. The van der Waals surface area contributed by atoms with Gasteiger partial charge in [-0.1, -0.05) is 19.8 Å². The smallest absolute Gasteiger partial charge is 0.274 e. The molecule has 0 fully saturated rings. The van der Waals surface area contributed by atoms with E-state index in [4.69, 9.17) is 0 Å². The Bertz CT molecular complexity index is 785. The number of Topliss-reactive ketones (excluding diaryl/α,β-unsaturated/α-hetero) is 1. The third-order valence-corrected chi connectivity index (χ3v) is 3.87. The van der Waals surface area contributed by atoms with E-state index in [1.54, 1.807) is 30.3 Å². The summed E-state index contributed by atoms with van der Waals surface area (Å²) in [4.78, 5) is 39.8. The number of benzene rings is 1. The van der Waals surface area contributed by atoms with Gasteiger partial charge in [0.25, 0.3) is 11.8 Å². The van der Waals surface area contributed by atoms with E-state index in [9.17, 15) is 14.4 Å². The van der Waals surface area contributed by atoms with Crippen LogP contribution in [0, 0.1) is 0 Å². The van der Waals surface area contributed by atoms with Gasteiger partial charge in [0.15, 0.2) is 5.78 Å². The number of hydrogen-bond acceptors (Lipinski definition) is 4. The molecule has 136 valence electrons. The van der Waals surface area contributed by atoms with Gasteiger partial charge in [-0.2, -0.15) is 0 Å². The van der Waals surface area contributed by atoms with E-state index >= 15 is 0 Å². The van der Waals surface area contributed by atoms with E-state index in [2.05, 4.69) is 22.5 Å². The minimum atomic E-state index is -0.416. The average Bonchev–Trinajstić information content (AvgIpc) is 2.65. The number of carbonyl (C=O) groups is 3. The third kappa shape index (κ3) is 5.51. The molecule has 6 nitrogen and oxygen atoms in total. The molecule has 0 aliphatic rings. The van der Waals surface area contributed by atoms with Crippen molar-refractivity contribution in [3.63, 3.8) is 0 Å². The summed E-state index contributed by atoms with van der Waals surface area (Å²) in [5.74, 6) is -0.674. The molecule has 2 amide bonds. The van der Waals surface area contributed by atoms with Gasteiger partial charge in [-0.05, 0) is 49.7 Å². The predicted octanol–water partition coefficient (Wildman–Crippen LogP) is 3.46. The minimum absolute atomic E-state index is 0.0396. The Morgan fingerprint density at radius 3 is 2.35 bits per heavy atom. The molecule has 26 heavy (non-hydrogen) atoms. The number of nitrogens with one attached hydrogen (secondary N) is 2. The lowest BCUT2D eigenvalue weighted by molar-refractivity contribution is 0.0951. The minimum Gasteiger partial charge on any atom is -0.352 e. The molecule has 0 aliphatic carbocycles. The Morgan fingerprint density at radius 1 is 0.962 bits per heavy atom. The van der Waals surface area contributed by atoms with Crippen molar-refractivity contribution in [1.82, 2.24) is 10.3 Å². The van der Waals surface area contributed by atoms with Gasteiger partial charge in [0.1, 0.15) is 5.69 Å². The summed E-state index contributed by atoms with van der Waals surface area (Å²) in [6.45, 7) is 4.19. The van der Waals surface area contributed by atoms with Crippen LogP contribution in [-0.2, 0) is 0 Å². The van der Waals surface area contributed by atoms with Gasteiger partial charge >= 0.3 is 0 Å². The maximum atomic E-state index is 12.3. The van der Waals surface area contributed by atoms with Crippen molar-refractivity contribution in [2.24, 2.45) is 0 Å². The first-order valence-electron chi connectivity index (χ1n) is 8.68. The van der Waals surface area contributed by atoms with Gasteiger partial charge in [-0.3, -0.25) is 19.4 Å². The lowest BCUT2D eigenvalue weighted by Crippen LogP contribution is -2.25. The van der Waals surface area contributed by atoms with Crippen LogP contribution in [0.15, 0.2) is 42.6 Å². The molecule has 0 bridgehead atoms. The van der Waals surface area contributed by atoms with Crippen molar-refractivity contribution in [3.05, 3.63) is 59.4 Å². The number of hydrogen-bond donors (Lipinski definition) is 2. The van der Waals surface area contributed by atoms with E-state index in [1.165, 1.54) is 19.2 Å². The number of carbonyl (C=O) groups excluding carboxylic acids is 3. The van der Waals surface area contributed by atoms with Gasteiger partial charge in [0.2, 0.25) is 0 Å². The van der Waals surface area contributed by atoms with E-state index in [0.717, 1.165) is 19.3 Å². The molecule has 1 aromatic carbocycles. The fraction of sp³-hybridized carbons (Fsp3) is 0.300. The molecule has 2 aromatic rings. The van der Waals surface area contributed by atoms with Crippen molar-refractivity contribution >= 4 is 23.3 Å². The first-order chi connectivity index (χ1) is 12.5. The van der Waals surface area contributed by atoms with Gasteiger partial charge in [0, 0.05) is 29.6 Å². The van der Waals surface area contributed by atoms with Crippen molar-refractivity contribution in [2.45, 2.75) is 33.1 Å². The molecule has 2 N–H and O–H groups in total. The normalized spacial score (nSPS) is 10.2. The molecule has 0 radical (unpaired) electrons. The second-order valence-corrected chi connectivity index (χ2v) is 5.98. The zero-order chi connectivity index (χ0) is 18.9. The highest BCUT2D eigenvalue weighted by molar-refractivity contribution is 6.05. The Morgan fingerprint density at radius 2 is 1.69 bits per heavy atom. The number of unbranched alkanes of at least 4 members (excludes halogenated alkanes) is 2. The molecule has 1 heterocycles. The fourth-order valence-corrected chi connectivity index (χ4v) is 2.36. The SMILES string of the molecule is CCCCCNC(=O)c1ccnc(C(=O)Nc2ccc(C(C)=O)cc2)c1. The van der Waals surface area contributed by atoms with Crippen LogP contribution in [-0.4, -0.2) is 29.1 Å². The first kappa shape index (κ1) is 19.3. The molecule has 1 aromatic heterocycles. The molecule has 0 aliphatic heterocycles. The number of anilines is 1. The largest absolute Gasteiger partial charge is 0.352 e. The van der Waals surface area contributed by atoms with Crippen LogP contribution in [0.5, 0.6) is 0 Å². The summed E-state index contributed by atoms with van der Waals surface area (Å²) in [6.07, 6.45) is 4.52. The molecular weight excluding hydrogens is 330 g/mol. The predicted molar refractivity (Wildman–Crippen MR) is 100 cm³/mol. The van der Waals surface area contributed by atoms with Gasteiger partial charge in [0.05, 0.1) is 0 Å². The zero-order valence-corrected chi connectivity index (χ0v) is 15.0. The van der Waals surface area contributed by atoms with Crippen LogP contribution in [0.3, 0.4) is 0 Å².